The highest BCUT2D eigenvalue weighted by Crippen LogP contribution is 2.35. The molecule has 5 nitrogen and oxygen atoms in total. The predicted molar refractivity (Wildman–Crippen MR) is 187 cm³/mol. The van der Waals surface area contributed by atoms with Crippen LogP contribution in [-0.2, 0) is 23.2 Å². The maximum atomic E-state index is 13.5. The molecule has 0 saturated carbocycles. The molecule has 0 aliphatic heterocycles. The number of benzene rings is 2. The van der Waals surface area contributed by atoms with Crippen LogP contribution in [-0.4, -0.2) is 16.9 Å². The Balaban J connectivity index is 0.00000576. The van der Waals surface area contributed by atoms with Crippen molar-refractivity contribution in [1.29, 1.82) is 0 Å². The zero-order valence-electron chi connectivity index (χ0n) is 28.7. The molecule has 2 heterocycles. The van der Waals surface area contributed by atoms with Crippen LogP contribution in [0.3, 0.4) is 0 Å². The standard InChI is InChI=1S/C40H55N3O2.BrH/c1-5-6-7-8-9-10-11-12-13-14-15-20-28-45-39-33(23-21-25-36(39)40(2,3)4)29-38(44)41-37-26-17-16-22-34(37)30-42-31-35-24-18-19-27-43(35)32-42;/h16-19,21-27,31-32H,5-15,20,28-30H2,1-4H3;1H. The molecule has 4 aromatic rings. The summed E-state index contributed by atoms with van der Waals surface area (Å²) in [7, 11) is 0. The van der Waals surface area contributed by atoms with Gasteiger partial charge in [-0.05, 0) is 35.6 Å². The Labute approximate surface area is 288 Å². The molecule has 0 atom stereocenters. The number of aromatic nitrogens is 2. The van der Waals surface area contributed by atoms with Gasteiger partial charge in [0, 0.05) is 16.8 Å². The van der Waals surface area contributed by atoms with Crippen molar-refractivity contribution in [3.05, 3.63) is 96.1 Å². The van der Waals surface area contributed by atoms with Gasteiger partial charge in [0.2, 0.25) is 12.2 Å². The molecule has 1 N–H and O–H groups in total. The van der Waals surface area contributed by atoms with Gasteiger partial charge < -0.3 is 27.0 Å². The van der Waals surface area contributed by atoms with Crippen molar-refractivity contribution < 1.29 is 31.1 Å². The lowest BCUT2D eigenvalue weighted by Gasteiger charge is -2.25. The minimum Gasteiger partial charge on any atom is -1.00 e. The topological polar surface area (TPSA) is 46.6 Å². The van der Waals surface area contributed by atoms with Crippen LogP contribution < -0.4 is 31.6 Å². The molecule has 0 unspecified atom stereocenters. The van der Waals surface area contributed by atoms with Crippen molar-refractivity contribution in [1.82, 2.24) is 4.40 Å². The maximum Gasteiger partial charge on any atom is 0.249 e. The Kier molecular flexibility index (Phi) is 15.8. The van der Waals surface area contributed by atoms with Crippen molar-refractivity contribution in [2.24, 2.45) is 0 Å². The monoisotopic (exact) mass is 689 g/mol. The van der Waals surface area contributed by atoms with Crippen LogP contribution in [0.25, 0.3) is 5.52 Å². The SMILES string of the molecule is CCCCCCCCCCCCCCOc1c(CC(=O)Nc2ccccc2C[n+]2cc3ccccn3c2)cccc1C(C)(C)C.[Br-]. The highest BCUT2D eigenvalue weighted by atomic mass is 79.9. The van der Waals surface area contributed by atoms with Crippen molar-refractivity contribution in [3.63, 3.8) is 0 Å². The Morgan fingerprint density at radius 2 is 1.41 bits per heavy atom. The van der Waals surface area contributed by atoms with Gasteiger partial charge in [0.25, 0.3) is 0 Å². The van der Waals surface area contributed by atoms with Gasteiger partial charge in [0.05, 0.1) is 19.2 Å². The van der Waals surface area contributed by atoms with Crippen LogP contribution >= 0.6 is 0 Å². The predicted octanol–water partition coefficient (Wildman–Crippen LogP) is 6.84. The van der Waals surface area contributed by atoms with Gasteiger partial charge in [-0.15, -0.1) is 0 Å². The third-order valence-corrected chi connectivity index (χ3v) is 8.64. The molecule has 1 amide bonds. The molecule has 4 rings (SSSR count). The van der Waals surface area contributed by atoms with Gasteiger partial charge in [-0.3, -0.25) is 4.79 Å². The van der Waals surface area contributed by atoms with Gasteiger partial charge in [-0.25, -0.2) is 8.97 Å². The highest BCUT2D eigenvalue weighted by molar-refractivity contribution is 5.93. The Morgan fingerprint density at radius 3 is 2.09 bits per heavy atom. The molecule has 0 radical (unpaired) electrons. The zero-order chi connectivity index (χ0) is 31.9. The van der Waals surface area contributed by atoms with E-state index >= 15 is 0 Å². The number of nitrogens with one attached hydrogen (secondary N) is 1. The number of ether oxygens (including phenoxy) is 1. The number of nitrogens with zero attached hydrogens (tertiary/aromatic N) is 2. The number of unbranched alkanes of at least 4 members (excludes halogenated alkanes) is 11. The molecule has 0 fully saturated rings. The Hall–Kier alpha value is -3.12. The van der Waals surface area contributed by atoms with Crippen LogP contribution in [0.4, 0.5) is 5.69 Å². The number of anilines is 1. The van der Waals surface area contributed by atoms with Gasteiger partial charge in [-0.1, -0.05) is 141 Å². The molecular weight excluding hydrogens is 634 g/mol. The summed E-state index contributed by atoms with van der Waals surface area (Å²) in [6, 6.07) is 20.5. The molecule has 0 aliphatic rings. The van der Waals surface area contributed by atoms with Crippen LogP contribution in [0, 0.1) is 0 Å². The van der Waals surface area contributed by atoms with E-state index < -0.39 is 0 Å². The van der Waals surface area contributed by atoms with E-state index in [1.807, 2.05) is 42.6 Å². The Bertz CT molecular complexity index is 1440. The van der Waals surface area contributed by atoms with E-state index in [9.17, 15) is 4.79 Å². The third-order valence-electron chi connectivity index (χ3n) is 8.64. The lowest BCUT2D eigenvalue weighted by molar-refractivity contribution is -0.686. The number of pyridine rings is 1. The molecule has 0 saturated heterocycles. The number of hydrogen-bond donors (Lipinski definition) is 1. The van der Waals surface area contributed by atoms with Gasteiger partial charge in [0.1, 0.15) is 18.5 Å². The second kappa shape index (κ2) is 19.5. The molecule has 0 aliphatic carbocycles. The highest BCUT2D eigenvalue weighted by Gasteiger charge is 2.23. The minimum absolute atomic E-state index is 0. The van der Waals surface area contributed by atoms with E-state index in [1.165, 1.54) is 70.6 Å². The summed E-state index contributed by atoms with van der Waals surface area (Å²) in [5.41, 5.74) is 5.07. The first-order chi connectivity index (χ1) is 21.8. The first kappa shape index (κ1) is 37.3. The van der Waals surface area contributed by atoms with Crippen LogP contribution in [0.2, 0.25) is 0 Å². The number of halogens is 1. The summed E-state index contributed by atoms with van der Waals surface area (Å²) in [6.07, 6.45) is 22.4. The van der Waals surface area contributed by atoms with Gasteiger partial charge in [0.15, 0.2) is 5.52 Å². The first-order valence-corrected chi connectivity index (χ1v) is 17.4. The summed E-state index contributed by atoms with van der Waals surface area (Å²) < 4.78 is 10.7. The molecule has 6 heteroatoms. The fourth-order valence-corrected chi connectivity index (χ4v) is 6.08. The molecule has 0 bridgehead atoms. The van der Waals surface area contributed by atoms with Gasteiger partial charge in [-0.2, -0.15) is 0 Å². The first-order valence-electron chi connectivity index (χ1n) is 17.4. The van der Waals surface area contributed by atoms with E-state index in [0.717, 1.165) is 40.1 Å². The lowest BCUT2D eigenvalue weighted by Crippen LogP contribution is -3.00. The number of carbonyl (C=O) groups is 1. The van der Waals surface area contributed by atoms with E-state index in [4.69, 9.17) is 4.74 Å². The fraction of sp³-hybridized carbons (Fsp3) is 0.500. The van der Waals surface area contributed by atoms with Crippen molar-refractivity contribution in [2.75, 3.05) is 11.9 Å². The smallest absolute Gasteiger partial charge is 0.249 e. The zero-order valence-corrected chi connectivity index (χ0v) is 30.3. The number of imidazole rings is 1. The largest absolute Gasteiger partial charge is 1.00 e. The number of fused-ring (bicyclic) bond motifs is 1. The Morgan fingerprint density at radius 1 is 0.783 bits per heavy atom. The minimum atomic E-state index is -0.0801. The van der Waals surface area contributed by atoms with E-state index in [-0.39, 0.29) is 34.7 Å². The molecule has 2 aromatic carbocycles. The van der Waals surface area contributed by atoms with E-state index in [1.54, 1.807) is 0 Å². The summed E-state index contributed by atoms with van der Waals surface area (Å²) in [4.78, 5) is 13.5. The van der Waals surface area contributed by atoms with Crippen molar-refractivity contribution in [3.8, 4) is 5.75 Å². The molecule has 2 aromatic heterocycles. The molecular formula is C40H56BrN3O2. The summed E-state index contributed by atoms with van der Waals surface area (Å²) in [6.45, 7) is 10.3. The molecule has 46 heavy (non-hydrogen) atoms. The number of hydrogen-bond acceptors (Lipinski definition) is 2. The lowest BCUT2D eigenvalue weighted by atomic mass is 9.84. The second-order valence-electron chi connectivity index (χ2n) is 13.6. The summed E-state index contributed by atoms with van der Waals surface area (Å²) >= 11 is 0. The maximum absolute atomic E-state index is 13.5. The fourth-order valence-electron chi connectivity index (χ4n) is 6.08. The average Bonchev–Trinajstić information content (AvgIpc) is 3.43. The quantitative estimate of drug-likeness (QED) is 0.0866. The number of para-hydroxylation sites is 2. The van der Waals surface area contributed by atoms with Crippen molar-refractivity contribution >= 4 is 17.1 Å². The van der Waals surface area contributed by atoms with E-state index in [0.29, 0.717) is 13.2 Å². The average molecular weight is 691 g/mol. The normalized spacial score (nSPS) is 11.4. The molecule has 0 spiro atoms. The van der Waals surface area contributed by atoms with Gasteiger partial charge >= 0.3 is 0 Å². The third kappa shape index (κ3) is 11.9. The van der Waals surface area contributed by atoms with Crippen LogP contribution in [0.1, 0.15) is 121 Å². The van der Waals surface area contributed by atoms with Crippen LogP contribution in [0.5, 0.6) is 5.75 Å². The summed E-state index contributed by atoms with van der Waals surface area (Å²) in [5.74, 6) is 0.850. The van der Waals surface area contributed by atoms with Crippen LogP contribution in [0.15, 0.2) is 79.4 Å². The number of carbonyl (C=O) groups excluding carboxylic acids is 1. The number of rotatable bonds is 19. The van der Waals surface area contributed by atoms with E-state index in [2.05, 4.69) is 78.8 Å². The van der Waals surface area contributed by atoms with Crippen molar-refractivity contribution in [2.45, 2.75) is 123 Å². The number of amides is 1. The summed E-state index contributed by atoms with van der Waals surface area (Å²) in [5, 5.41) is 3.20. The molecule has 250 valence electrons. The second-order valence-corrected chi connectivity index (χ2v) is 13.6.